The zero-order chi connectivity index (χ0) is 15.7. The van der Waals surface area contributed by atoms with Crippen LogP contribution in [0.4, 0.5) is 8.78 Å². The van der Waals surface area contributed by atoms with Gasteiger partial charge in [-0.1, -0.05) is 45.0 Å². The van der Waals surface area contributed by atoms with Crippen LogP contribution in [0.25, 0.3) is 0 Å². The first-order chi connectivity index (χ1) is 9.67. The highest BCUT2D eigenvalue weighted by molar-refractivity contribution is 5.85. The zero-order valence-electron chi connectivity index (χ0n) is 13.1. The predicted octanol–water partition coefficient (Wildman–Crippen LogP) is 3.02. The first-order valence-electron chi connectivity index (χ1n) is 7.16. The Balaban J connectivity index is 0.00000242. The number of rotatable bonds is 3. The van der Waals surface area contributed by atoms with Gasteiger partial charge in [-0.25, -0.2) is 8.78 Å². The number of amides is 1. The Hall–Kier alpha value is -1.20. The Bertz CT molecular complexity index is 512. The van der Waals surface area contributed by atoms with E-state index in [2.05, 4.69) is 31.4 Å². The number of benzene rings is 1. The van der Waals surface area contributed by atoms with Crippen LogP contribution in [0.5, 0.6) is 0 Å². The topological polar surface area (TPSA) is 41.1 Å². The van der Waals surface area contributed by atoms with Crippen molar-refractivity contribution < 1.29 is 13.6 Å². The average Bonchev–Trinajstić information content (AvgIpc) is 2.76. The van der Waals surface area contributed by atoms with Crippen LogP contribution in [0.2, 0.25) is 0 Å². The SMILES string of the molecule is CC(C)(C)c1ccc(CNC(=O)C2CC(F)(F)CN2)cc1.Cl. The van der Waals surface area contributed by atoms with E-state index >= 15 is 0 Å². The summed E-state index contributed by atoms with van der Waals surface area (Å²) in [6.45, 7) is 6.33. The van der Waals surface area contributed by atoms with Gasteiger partial charge in [0.1, 0.15) is 0 Å². The third-order valence-electron chi connectivity index (χ3n) is 3.71. The molecule has 1 saturated heterocycles. The van der Waals surface area contributed by atoms with Gasteiger partial charge in [0.25, 0.3) is 5.92 Å². The van der Waals surface area contributed by atoms with Crippen molar-refractivity contribution in [2.24, 2.45) is 0 Å². The molecule has 22 heavy (non-hydrogen) atoms. The van der Waals surface area contributed by atoms with Gasteiger partial charge in [0.2, 0.25) is 5.91 Å². The first-order valence-corrected chi connectivity index (χ1v) is 7.16. The van der Waals surface area contributed by atoms with E-state index in [-0.39, 0.29) is 23.7 Å². The molecule has 6 heteroatoms. The van der Waals surface area contributed by atoms with E-state index in [1.54, 1.807) is 0 Å². The van der Waals surface area contributed by atoms with E-state index in [0.29, 0.717) is 6.54 Å². The van der Waals surface area contributed by atoms with Gasteiger partial charge in [0, 0.05) is 13.0 Å². The van der Waals surface area contributed by atoms with Crippen LogP contribution in [0.3, 0.4) is 0 Å². The first kappa shape index (κ1) is 18.8. The highest BCUT2D eigenvalue weighted by Gasteiger charge is 2.42. The Labute approximate surface area is 136 Å². The van der Waals surface area contributed by atoms with Crippen molar-refractivity contribution >= 4 is 18.3 Å². The fourth-order valence-corrected chi connectivity index (χ4v) is 2.34. The fraction of sp³-hybridized carbons (Fsp3) is 0.562. The number of carbonyl (C=O) groups is 1. The molecule has 0 aliphatic carbocycles. The van der Waals surface area contributed by atoms with Gasteiger partial charge in [-0.3, -0.25) is 10.1 Å². The van der Waals surface area contributed by atoms with Crippen LogP contribution in [0.1, 0.15) is 38.3 Å². The van der Waals surface area contributed by atoms with Crippen LogP contribution in [0, 0.1) is 0 Å². The molecule has 1 fully saturated rings. The van der Waals surface area contributed by atoms with Gasteiger partial charge in [-0.15, -0.1) is 12.4 Å². The van der Waals surface area contributed by atoms with Crippen molar-refractivity contribution in [2.75, 3.05) is 6.54 Å². The van der Waals surface area contributed by atoms with E-state index in [1.807, 2.05) is 24.3 Å². The minimum absolute atomic E-state index is 0. The smallest absolute Gasteiger partial charge is 0.262 e. The molecule has 1 atom stereocenters. The summed E-state index contributed by atoms with van der Waals surface area (Å²) in [5.74, 6) is -3.15. The van der Waals surface area contributed by atoms with Crippen LogP contribution in [-0.4, -0.2) is 24.4 Å². The summed E-state index contributed by atoms with van der Waals surface area (Å²) < 4.78 is 26.1. The van der Waals surface area contributed by atoms with Crippen LogP contribution in [0.15, 0.2) is 24.3 Å². The number of hydrogen-bond acceptors (Lipinski definition) is 2. The van der Waals surface area contributed by atoms with Crippen LogP contribution < -0.4 is 10.6 Å². The van der Waals surface area contributed by atoms with E-state index in [1.165, 1.54) is 5.56 Å². The standard InChI is InChI=1S/C16H22F2N2O.ClH/c1-15(2,3)12-6-4-11(5-7-12)9-19-14(21)13-8-16(17,18)10-20-13;/h4-7,13,20H,8-10H2,1-3H3,(H,19,21);1H. The Morgan fingerprint density at radius 2 is 1.91 bits per heavy atom. The van der Waals surface area contributed by atoms with Gasteiger partial charge in [-0.05, 0) is 16.5 Å². The second-order valence-electron chi connectivity index (χ2n) is 6.66. The van der Waals surface area contributed by atoms with Gasteiger partial charge < -0.3 is 5.32 Å². The third kappa shape index (κ3) is 4.92. The van der Waals surface area contributed by atoms with Crippen molar-refractivity contribution in [3.8, 4) is 0 Å². The van der Waals surface area contributed by atoms with Gasteiger partial charge in [-0.2, -0.15) is 0 Å². The molecular weight excluding hydrogens is 310 g/mol. The molecule has 3 nitrogen and oxygen atoms in total. The molecule has 2 rings (SSSR count). The minimum atomic E-state index is -2.78. The number of carbonyl (C=O) groups excluding carboxylic acids is 1. The maximum atomic E-state index is 13.0. The number of halogens is 3. The quantitative estimate of drug-likeness (QED) is 0.893. The molecule has 0 aromatic heterocycles. The van der Waals surface area contributed by atoms with Crippen molar-refractivity contribution in [1.82, 2.24) is 10.6 Å². The lowest BCUT2D eigenvalue weighted by Gasteiger charge is -2.19. The molecule has 1 amide bonds. The molecule has 1 aliphatic rings. The van der Waals surface area contributed by atoms with Gasteiger partial charge in [0.15, 0.2) is 0 Å². The number of hydrogen-bond donors (Lipinski definition) is 2. The summed E-state index contributed by atoms with van der Waals surface area (Å²) >= 11 is 0. The molecule has 1 aromatic carbocycles. The average molecular weight is 333 g/mol. The lowest BCUT2D eigenvalue weighted by molar-refractivity contribution is -0.123. The van der Waals surface area contributed by atoms with Crippen molar-refractivity contribution in [3.63, 3.8) is 0 Å². The summed E-state index contributed by atoms with van der Waals surface area (Å²) in [5, 5.41) is 5.25. The van der Waals surface area contributed by atoms with Crippen LogP contribution in [-0.2, 0) is 16.8 Å². The Morgan fingerprint density at radius 1 is 1.32 bits per heavy atom. The molecule has 0 spiro atoms. The van der Waals surface area contributed by atoms with E-state index in [9.17, 15) is 13.6 Å². The van der Waals surface area contributed by atoms with E-state index in [0.717, 1.165) is 5.56 Å². The van der Waals surface area contributed by atoms with Gasteiger partial charge >= 0.3 is 0 Å². The summed E-state index contributed by atoms with van der Waals surface area (Å²) in [5.41, 5.74) is 2.26. The molecule has 124 valence electrons. The summed E-state index contributed by atoms with van der Waals surface area (Å²) in [7, 11) is 0. The Morgan fingerprint density at radius 3 is 2.36 bits per heavy atom. The Kier molecular flexibility index (Phi) is 5.93. The zero-order valence-corrected chi connectivity index (χ0v) is 13.9. The lowest BCUT2D eigenvalue weighted by Crippen LogP contribution is -2.40. The predicted molar refractivity (Wildman–Crippen MR) is 85.6 cm³/mol. The van der Waals surface area contributed by atoms with Crippen molar-refractivity contribution in [1.29, 1.82) is 0 Å². The molecule has 1 aliphatic heterocycles. The van der Waals surface area contributed by atoms with E-state index < -0.39 is 24.9 Å². The molecule has 1 aromatic rings. The molecule has 0 saturated carbocycles. The fourth-order valence-electron chi connectivity index (χ4n) is 2.34. The highest BCUT2D eigenvalue weighted by atomic mass is 35.5. The second-order valence-corrected chi connectivity index (χ2v) is 6.66. The molecule has 1 unspecified atom stereocenters. The lowest BCUT2D eigenvalue weighted by atomic mass is 9.87. The van der Waals surface area contributed by atoms with Crippen molar-refractivity contribution in [2.45, 2.75) is 51.1 Å². The summed E-state index contributed by atoms with van der Waals surface area (Å²) in [4.78, 5) is 11.8. The third-order valence-corrected chi connectivity index (χ3v) is 3.71. The monoisotopic (exact) mass is 332 g/mol. The summed E-state index contributed by atoms with van der Waals surface area (Å²) in [6, 6.07) is 7.18. The summed E-state index contributed by atoms with van der Waals surface area (Å²) in [6.07, 6.45) is -0.429. The molecular formula is C16H23ClF2N2O. The van der Waals surface area contributed by atoms with Crippen molar-refractivity contribution in [3.05, 3.63) is 35.4 Å². The second kappa shape index (κ2) is 6.92. The minimum Gasteiger partial charge on any atom is -0.351 e. The number of alkyl halides is 2. The highest BCUT2D eigenvalue weighted by Crippen LogP contribution is 2.25. The number of nitrogens with one attached hydrogen (secondary N) is 2. The van der Waals surface area contributed by atoms with E-state index in [4.69, 9.17) is 0 Å². The molecule has 0 radical (unpaired) electrons. The van der Waals surface area contributed by atoms with Gasteiger partial charge in [0.05, 0.1) is 12.6 Å². The molecule has 0 bridgehead atoms. The maximum absolute atomic E-state index is 13.0. The maximum Gasteiger partial charge on any atom is 0.262 e. The van der Waals surface area contributed by atoms with Crippen LogP contribution >= 0.6 is 12.4 Å². The molecule has 2 N–H and O–H groups in total. The largest absolute Gasteiger partial charge is 0.351 e. The normalized spacial score (nSPS) is 20.3. The molecule has 1 heterocycles.